The first kappa shape index (κ1) is 18.2. The van der Waals surface area contributed by atoms with Crippen LogP contribution in [0.15, 0.2) is 6.20 Å². The van der Waals surface area contributed by atoms with Crippen molar-refractivity contribution < 1.29 is 9.53 Å². The first-order valence-corrected chi connectivity index (χ1v) is 10.1. The van der Waals surface area contributed by atoms with E-state index in [1.807, 2.05) is 6.92 Å². The van der Waals surface area contributed by atoms with Crippen molar-refractivity contribution in [3.63, 3.8) is 0 Å². The topological polar surface area (TPSA) is 84.6 Å². The molecule has 146 valence electrons. The number of aromatic nitrogens is 4. The zero-order valence-electron chi connectivity index (χ0n) is 16.1. The van der Waals surface area contributed by atoms with Crippen molar-refractivity contribution in [1.82, 2.24) is 24.9 Å². The highest BCUT2D eigenvalue weighted by Gasteiger charge is 2.28. The number of carbonyl (C=O) groups is 1. The van der Waals surface area contributed by atoms with Crippen LogP contribution in [-0.2, 0) is 4.74 Å². The van der Waals surface area contributed by atoms with E-state index in [0.29, 0.717) is 29.9 Å². The van der Waals surface area contributed by atoms with Crippen LogP contribution in [0, 0.1) is 0 Å². The number of fused-ring (bicyclic) bond motifs is 1. The van der Waals surface area contributed by atoms with E-state index in [1.54, 1.807) is 10.7 Å². The molecular formula is C19H28N6O2. The molecule has 0 amide bonds. The molecule has 2 aromatic rings. The first-order chi connectivity index (χ1) is 13.2. The van der Waals surface area contributed by atoms with Gasteiger partial charge in [-0.1, -0.05) is 19.3 Å². The molecule has 1 aliphatic carbocycles. The van der Waals surface area contributed by atoms with E-state index in [9.17, 15) is 4.79 Å². The highest BCUT2D eigenvalue weighted by molar-refractivity contribution is 5.95. The van der Waals surface area contributed by atoms with Gasteiger partial charge in [-0.25, -0.2) is 9.78 Å². The maximum Gasteiger partial charge on any atom is 0.343 e. The number of rotatable bonds is 4. The fraction of sp³-hybridized carbons (Fsp3) is 0.684. The van der Waals surface area contributed by atoms with Gasteiger partial charge in [-0.3, -0.25) is 0 Å². The van der Waals surface area contributed by atoms with Gasteiger partial charge in [0.05, 0.1) is 6.61 Å². The number of piperazine rings is 1. The van der Waals surface area contributed by atoms with E-state index in [0.717, 1.165) is 44.1 Å². The third-order valence-corrected chi connectivity index (χ3v) is 5.49. The Bertz CT molecular complexity index is 814. The van der Waals surface area contributed by atoms with Crippen molar-refractivity contribution in [2.24, 2.45) is 0 Å². The maximum absolute atomic E-state index is 12.6. The molecule has 8 heteroatoms. The quantitative estimate of drug-likeness (QED) is 0.823. The predicted molar refractivity (Wildman–Crippen MR) is 102 cm³/mol. The molecule has 1 N–H and O–H groups in total. The molecule has 1 aliphatic heterocycles. The number of nitrogens with one attached hydrogen (secondary N) is 1. The van der Waals surface area contributed by atoms with Gasteiger partial charge in [0.25, 0.3) is 5.78 Å². The molecule has 27 heavy (non-hydrogen) atoms. The molecule has 1 saturated carbocycles. The van der Waals surface area contributed by atoms with Crippen molar-refractivity contribution in [3.05, 3.63) is 17.6 Å². The van der Waals surface area contributed by atoms with Crippen LogP contribution in [-0.4, -0.2) is 57.8 Å². The zero-order valence-corrected chi connectivity index (χ0v) is 16.1. The monoisotopic (exact) mass is 372 g/mol. The lowest BCUT2D eigenvalue weighted by atomic mass is 9.89. The van der Waals surface area contributed by atoms with E-state index in [4.69, 9.17) is 14.8 Å². The van der Waals surface area contributed by atoms with Crippen LogP contribution in [0.4, 0.5) is 5.82 Å². The molecule has 2 aromatic heterocycles. The minimum Gasteiger partial charge on any atom is -0.462 e. The molecule has 0 aromatic carbocycles. The van der Waals surface area contributed by atoms with Crippen LogP contribution in [0.25, 0.3) is 5.78 Å². The van der Waals surface area contributed by atoms with E-state index in [1.165, 1.54) is 19.3 Å². The van der Waals surface area contributed by atoms with Crippen LogP contribution in [0.1, 0.15) is 68.1 Å². The van der Waals surface area contributed by atoms with Crippen molar-refractivity contribution >= 4 is 17.6 Å². The minimum absolute atomic E-state index is 0.332. The normalized spacial score (nSPS) is 21.6. The summed E-state index contributed by atoms with van der Waals surface area (Å²) in [4.78, 5) is 23.9. The van der Waals surface area contributed by atoms with Crippen molar-refractivity contribution in [1.29, 1.82) is 0 Å². The van der Waals surface area contributed by atoms with E-state index in [-0.39, 0.29) is 5.97 Å². The minimum atomic E-state index is -0.359. The van der Waals surface area contributed by atoms with Crippen LogP contribution in [0.3, 0.4) is 0 Å². The molecule has 0 bridgehead atoms. The van der Waals surface area contributed by atoms with Crippen molar-refractivity contribution in [3.8, 4) is 0 Å². The molecule has 3 heterocycles. The summed E-state index contributed by atoms with van der Waals surface area (Å²) in [5, 5.41) is 8.25. The summed E-state index contributed by atoms with van der Waals surface area (Å²) in [6.45, 7) is 6.74. The third-order valence-electron chi connectivity index (χ3n) is 5.49. The van der Waals surface area contributed by atoms with Gasteiger partial charge in [-0.05, 0) is 26.7 Å². The second-order valence-corrected chi connectivity index (χ2v) is 7.53. The third kappa shape index (κ3) is 3.63. The molecule has 0 radical (unpaired) electrons. The summed E-state index contributed by atoms with van der Waals surface area (Å²) in [7, 11) is 0. The molecule has 1 unspecified atom stereocenters. The van der Waals surface area contributed by atoms with Crippen LogP contribution < -0.4 is 10.2 Å². The lowest BCUT2D eigenvalue weighted by Crippen LogP contribution is -2.50. The Balaban J connectivity index is 1.79. The fourth-order valence-electron chi connectivity index (χ4n) is 4.15. The van der Waals surface area contributed by atoms with Crippen LogP contribution >= 0.6 is 0 Å². The van der Waals surface area contributed by atoms with E-state index < -0.39 is 0 Å². The molecule has 4 rings (SSSR count). The van der Waals surface area contributed by atoms with E-state index >= 15 is 0 Å². The molecule has 1 atom stereocenters. The number of ether oxygens (including phenoxy) is 1. The lowest BCUT2D eigenvalue weighted by Gasteiger charge is -2.34. The summed E-state index contributed by atoms with van der Waals surface area (Å²) >= 11 is 0. The standard InChI is InChI=1S/C19H28N6O2/c1-3-27-18(26)15-11-21-19-22-16(14-7-5-4-6-8-14)23-25(19)17(15)24-10-9-20-13(2)12-24/h11,13-14,20H,3-10,12H2,1-2H3. The molecule has 2 fully saturated rings. The van der Waals surface area contributed by atoms with E-state index in [2.05, 4.69) is 22.1 Å². The Hall–Kier alpha value is -2.22. The van der Waals surface area contributed by atoms with Crippen LogP contribution in [0.2, 0.25) is 0 Å². The van der Waals surface area contributed by atoms with Gasteiger partial charge in [0.2, 0.25) is 0 Å². The second kappa shape index (κ2) is 7.80. The average Bonchev–Trinajstić information content (AvgIpc) is 3.12. The number of nitrogens with zero attached hydrogens (tertiary/aromatic N) is 5. The molecule has 2 aliphatic rings. The fourth-order valence-corrected chi connectivity index (χ4v) is 4.15. The molecule has 8 nitrogen and oxygen atoms in total. The summed E-state index contributed by atoms with van der Waals surface area (Å²) < 4.78 is 7.03. The highest BCUT2D eigenvalue weighted by atomic mass is 16.5. The Labute approximate surface area is 159 Å². The Morgan fingerprint density at radius 3 is 2.89 bits per heavy atom. The van der Waals surface area contributed by atoms with Gasteiger partial charge in [0, 0.05) is 37.8 Å². The summed E-state index contributed by atoms with van der Waals surface area (Å²) in [5.41, 5.74) is 0.457. The lowest BCUT2D eigenvalue weighted by molar-refractivity contribution is 0.0526. The first-order valence-electron chi connectivity index (χ1n) is 10.1. The molecular weight excluding hydrogens is 344 g/mol. The summed E-state index contributed by atoms with van der Waals surface area (Å²) in [6.07, 6.45) is 7.59. The van der Waals surface area contributed by atoms with Gasteiger partial charge >= 0.3 is 5.97 Å². The number of carbonyl (C=O) groups excluding carboxylic acids is 1. The van der Waals surface area contributed by atoms with Crippen molar-refractivity contribution in [2.45, 2.75) is 57.9 Å². The summed E-state index contributed by atoms with van der Waals surface area (Å²) in [6, 6.07) is 0.332. The van der Waals surface area contributed by atoms with Gasteiger partial charge in [0.15, 0.2) is 11.6 Å². The van der Waals surface area contributed by atoms with Crippen molar-refractivity contribution in [2.75, 3.05) is 31.1 Å². The Morgan fingerprint density at radius 1 is 1.33 bits per heavy atom. The van der Waals surface area contributed by atoms with Crippen LogP contribution in [0.5, 0.6) is 0 Å². The SMILES string of the molecule is CCOC(=O)c1cnc2nc(C3CCCCC3)nn2c1N1CCNC(C)C1. The zero-order chi connectivity index (χ0) is 18.8. The molecule has 0 spiro atoms. The highest BCUT2D eigenvalue weighted by Crippen LogP contribution is 2.32. The second-order valence-electron chi connectivity index (χ2n) is 7.53. The van der Waals surface area contributed by atoms with Gasteiger partial charge < -0.3 is 15.0 Å². The predicted octanol–water partition coefficient (Wildman–Crippen LogP) is 2.15. The number of hydrogen-bond donors (Lipinski definition) is 1. The number of esters is 1. The van der Waals surface area contributed by atoms with Gasteiger partial charge in [-0.2, -0.15) is 9.50 Å². The van der Waals surface area contributed by atoms with Gasteiger partial charge in [-0.15, -0.1) is 5.10 Å². The maximum atomic E-state index is 12.6. The Kier molecular flexibility index (Phi) is 5.24. The number of anilines is 1. The molecule has 1 saturated heterocycles. The average molecular weight is 372 g/mol. The largest absolute Gasteiger partial charge is 0.462 e. The Morgan fingerprint density at radius 2 is 2.15 bits per heavy atom. The van der Waals surface area contributed by atoms with Gasteiger partial charge in [0.1, 0.15) is 5.56 Å². The number of hydrogen-bond acceptors (Lipinski definition) is 7. The smallest absolute Gasteiger partial charge is 0.343 e. The summed E-state index contributed by atoms with van der Waals surface area (Å²) in [5.74, 6) is 2.20.